The van der Waals surface area contributed by atoms with Gasteiger partial charge in [0.1, 0.15) is 11.5 Å². The van der Waals surface area contributed by atoms with Gasteiger partial charge in [-0.05, 0) is 68.1 Å². The van der Waals surface area contributed by atoms with E-state index in [2.05, 4.69) is 97.1 Å². The molecular formula is C32H26O2. The highest BCUT2D eigenvalue weighted by molar-refractivity contribution is 6.14. The van der Waals surface area contributed by atoms with Crippen LogP contribution in [-0.2, 0) is 0 Å². The smallest absolute Gasteiger partial charge is 0.118 e. The molecule has 0 saturated carbocycles. The van der Waals surface area contributed by atoms with Crippen LogP contribution in [0.2, 0.25) is 0 Å². The van der Waals surface area contributed by atoms with E-state index in [4.69, 9.17) is 9.47 Å². The van der Waals surface area contributed by atoms with Crippen LogP contribution in [0.3, 0.4) is 0 Å². The van der Waals surface area contributed by atoms with Gasteiger partial charge in [0.15, 0.2) is 0 Å². The van der Waals surface area contributed by atoms with Crippen molar-refractivity contribution < 1.29 is 9.47 Å². The van der Waals surface area contributed by atoms with E-state index in [0.717, 1.165) is 22.6 Å². The summed E-state index contributed by atoms with van der Waals surface area (Å²) in [5.41, 5.74) is 4.72. The van der Waals surface area contributed by atoms with Crippen molar-refractivity contribution in [2.75, 3.05) is 14.2 Å². The molecule has 0 aromatic heterocycles. The van der Waals surface area contributed by atoms with Gasteiger partial charge in [-0.2, -0.15) is 0 Å². The second kappa shape index (κ2) is 9.68. The lowest BCUT2D eigenvalue weighted by molar-refractivity contribution is 0.414. The lowest BCUT2D eigenvalue weighted by atomic mass is 9.91. The summed E-state index contributed by atoms with van der Waals surface area (Å²) in [6.07, 6.45) is 8.79. The van der Waals surface area contributed by atoms with Crippen LogP contribution in [0.1, 0.15) is 22.3 Å². The van der Waals surface area contributed by atoms with Gasteiger partial charge in [0, 0.05) is 0 Å². The first-order chi connectivity index (χ1) is 16.8. The lowest BCUT2D eigenvalue weighted by Crippen LogP contribution is -1.89. The second-order valence-corrected chi connectivity index (χ2v) is 8.13. The summed E-state index contributed by atoms with van der Waals surface area (Å²) < 4.78 is 10.6. The minimum Gasteiger partial charge on any atom is -0.497 e. The minimum atomic E-state index is 0.862. The average molecular weight is 443 g/mol. The monoisotopic (exact) mass is 442 g/mol. The molecule has 0 aliphatic rings. The Morgan fingerprint density at radius 2 is 0.735 bits per heavy atom. The Morgan fingerprint density at radius 3 is 1.03 bits per heavy atom. The first kappa shape index (κ1) is 21.5. The van der Waals surface area contributed by atoms with Crippen LogP contribution in [0, 0.1) is 0 Å². The van der Waals surface area contributed by atoms with Crippen LogP contribution in [0.15, 0.2) is 97.1 Å². The number of fused-ring (bicyclic) bond motifs is 2. The molecule has 166 valence electrons. The van der Waals surface area contributed by atoms with E-state index in [1.165, 1.54) is 32.7 Å². The molecule has 0 unspecified atom stereocenters. The maximum absolute atomic E-state index is 5.29. The highest BCUT2D eigenvalue weighted by Gasteiger charge is 2.10. The number of ether oxygens (including phenoxy) is 2. The van der Waals surface area contributed by atoms with Crippen molar-refractivity contribution in [1.29, 1.82) is 0 Å². The summed E-state index contributed by atoms with van der Waals surface area (Å²) in [6, 6.07) is 33.5. The first-order valence-corrected chi connectivity index (χ1v) is 11.3. The minimum absolute atomic E-state index is 0.862. The van der Waals surface area contributed by atoms with Crippen LogP contribution < -0.4 is 9.47 Å². The average Bonchev–Trinajstić information content (AvgIpc) is 2.91. The Balaban J connectivity index is 1.64. The molecule has 0 amide bonds. The third-order valence-electron chi connectivity index (χ3n) is 6.13. The fraction of sp³-hybridized carbons (Fsp3) is 0.0625. The van der Waals surface area contributed by atoms with E-state index in [-0.39, 0.29) is 0 Å². The molecule has 5 aromatic rings. The van der Waals surface area contributed by atoms with Crippen molar-refractivity contribution in [2.24, 2.45) is 0 Å². The third-order valence-corrected chi connectivity index (χ3v) is 6.13. The highest BCUT2D eigenvalue weighted by atomic mass is 16.5. The zero-order valence-electron chi connectivity index (χ0n) is 19.4. The molecule has 5 aromatic carbocycles. The van der Waals surface area contributed by atoms with E-state index in [9.17, 15) is 0 Å². The second-order valence-electron chi connectivity index (χ2n) is 8.13. The Hall–Kier alpha value is -4.30. The van der Waals surface area contributed by atoms with Crippen LogP contribution >= 0.6 is 0 Å². The number of hydrogen-bond acceptors (Lipinski definition) is 2. The first-order valence-electron chi connectivity index (χ1n) is 11.3. The quantitative estimate of drug-likeness (QED) is 0.194. The summed E-state index contributed by atoms with van der Waals surface area (Å²) in [5.74, 6) is 1.72. The van der Waals surface area contributed by atoms with Crippen molar-refractivity contribution in [3.63, 3.8) is 0 Å². The van der Waals surface area contributed by atoms with Gasteiger partial charge in [0.05, 0.1) is 14.2 Å². The predicted octanol–water partition coefficient (Wildman–Crippen LogP) is 8.35. The van der Waals surface area contributed by atoms with Gasteiger partial charge in [-0.15, -0.1) is 0 Å². The predicted molar refractivity (Wildman–Crippen MR) is 145 cm³/mol. The molecule has 0 heterocycles. The van der Waals surface area contributed by atoms with Crippen molar-refractivity contribution in [2.45, 2.75) is 0 Å². The van der Waals surface area contributed by atoms with E-state index < -0.39 is 0 Å². The largest absolute Gasteiger partial charge is 0.497 e. The maximum Gasteiger partial charge on any atom is 0.118 e. The van der Waals surface area contributed by atoms with Gasteiger partial charge in [0.2, 0.25) is 0 Å². The van der Waals surface area contributed by atoms with Crippen molar-refractivity contribution in [3.05, 3.63) is 119 Å². The number of benzene rings is 5. The van der Waals surface area contributed by atoms with Crippen LogP contribution in [0.4, 0.5) is 0 Å². The summed E-state index contributed by atoms with van der Waals surface area (Å²) in [4.78, 5) is 0. The zero-order valence-corrected chi connectivity index (χ0v) is 19.4. The Kier molecular flexibility index (Phi) is 6.13. The molecule has 0 radical (unpaired) electrons. The van der Waals surface area contributed by atoms with Gasteiger partial charge in [-0.25, -0.2) is 0 Å². The summed E-state index contributed by atoms with van der Waals surface area (Å²) >= 11 is 0. The molecule has 0 fully saturated rings. The van der Waals surface area contributed by atoms with Gasteiger partial charge in [-0.3, -0.25) is 0 Å². The van der Waals surface area contributed by atoms with Gasteiger partial charge < -0.3 is 9.47 Å². The van der Waals surface area contributed by atoms with Gasteiger partial charge in [0.25, 0.3) is 0 Å². The molecule has 5 rings (SSSR count). The SMILES string of the molecule is COc1ccc(C=Cc2c3ccccc3c(C=Cc3ccc(OC)cc3)c3ccccc23)cc1. The van der Waals surface area contributed by atoms with Gasteiger partial charge >= 0.3 is 0 Å². The topological polar surface area (TPSA) is 18.5 Å². The zero-order chi connectivity index (χ0) is 23.3. The standard InChI is InChI=1S/C32H26O2/c1-33-25-17-11-23(12-18-25)15-21-31-27-7-3-5-9-29(27)32(30-10-6-4-8-28(30)31)22-16-24-13-19-26(34-2)20-14-24/h3-22H,1-2H3. The number of rotatable bonds is 6. The molecule has 0 bridgehead atoms. The molecule has 0 aliphatic heterocycles. The molecule has 2 heteroatoms. The molecular weight excluding hydrogens is 416 g/mol. The Morgan fingerprint density at radius 1 is 0.412 bits per heavy atom. The van der Waals surface area contributed by atoms with E-state index in [1.807, 2.05) is 24.3 Å². The fourth-order valence-electron chi connectivity index (χ4n) is 4.34. The van der Waals surface area contributed by atoms with Gasteiger partial charge in [-0.1, -0.05) is 97.1 Å². The fourth-order valence-corrected chi connectivity index (χ4v) is 4.34. The normalized spacial score (nSPS) is 11.6. The Labute approximate surface area is 200 Å². The van der Waals surface area contributed by atoms with Crippen LogP contribution in [-0.4, -0.2) is 14.2 Å². The van der Waals surface area contributed by atoms with Crippen molar-refractivity contribution in [3.8, 4) is 11.5 Å². The molecule has 34 heavy (non-hydrogen) atoms. The molecule has 0 aliphatic carbocycles. The van der Waals surface area contributed by atoms with Crippen molar-refractivity contribution >= 4 is 45.8 Å². The maximum atomic E-state index is 5.29. The molecule has 0 N–H and O–H groups in total. The molecule has 0 atom stereocenters. The molecule has 0 spiro atoms. The molecule has 0 saturated heterocycles. The molecule has 2 nitrogen and oxygen atoms in total. The van der Waals surface area contributed by atoms with Crippen LogP contribution in [0.5, 0.6) is 11.5 Å². The Bertz CT molecular complexity index is 1320. The van der Waals surface area contributed by atoms with Crippen molar-refractivity contribution in [1.82, 2.24) is 0 Å². The summed E-state index contributed by atoms with van der Waals surface area (Å²) in [7, 11) is 3.38. The summed E-state index contributed by atoms with van der Waals surface area (Å²) in [5, 5.41) is 4.95. The van der Waals surface area contributed by atoms with E-state index in [1.54, 1.807) is 14.2 Å². The van der Waals surface area contributed by atoms with E-state index in [0.29, 0.717) is 0 Å². The highest BCUT2D eigenvalue weighted by Crippen LogP contribution is 2.35. The van der Waals surface area contributed by atoms with E-state index >= 15 is 0 Å². The number of hydrogen-bond donors (Lipinski definition) is 0. The van der Waals surface area contributed by atoms with Crippen LogP contribution in [0.25, 0.3) is 45.8 Å². The third kappa shape index (κ3) is 4.31. The number of methoxy groups -OCH3 is 2. The lowest BCUT2D eigenvalue weighted by Gasteiger charge is -2.13. The summed E-state index contributed by atoms with van der Waals surface area (Å²) in [6.45, 7) is 0.